The summed E-state index contributed by atoms with van der Waals surface area (Å²) in [4.78, 5) is 35.5. The number of carbonyl (C=O) groups is 3. The van der Waals surface area contributed by atoms with E-state index in [1.54, 1.807) is 45.1 Å². The van der Waals surface area contributed by atoms with Gasteiger partial charge in [-0.25, -0.2) is 14.4 Å². The molecule has 0 spiro atoms. The molecule has 4 rings (SSSR count). The van der Waals surface area contributed by atoms with E-state index in [4.69, 9.17) is 23.7 Å². The van der Waals surface area contributed by atoms with Gasteiger partial charge in [0, 0.05) is 22.6 Å². The fourth-order valence-electron chi connectivity index (χ4n) is 5.14. The summed E-state index contributed by atoms with van der Waals surface area (Å²) >= 11 is 0. The van der Waals surface area contributed by atoms with Gasteiger partial charge < -0.3 is 28.8 Å². The number of esters is 3. The second kappa shape index (κ2) is 20.3. The Balaban J connectivity index is 1.29. The van der Waals surface area contributed by atoms with Gasteiger partial charge in [0.1, 0.15) is 17.2 Å². The van der Waals surface area contributed by atoms with E-state index in [2.05, 4.69) is 19.7 Å². The molecule has 0 aliphatic heterocycles. The van der Waals surface area contributed by atoms with Crippen LogP contribution in [0.3, 0.4) is 0 Å². The molecule has 1 unspecified atom stereocenters. The molecule has 0 aliphatic rings. The molecule has 0 radical (unpaired) electrons. The van der Waals surface area contributed by atoms with E-state index < -0.39 is 24.2 Å². The first-order valence-corrected chi connectivity index (χ1v) is 18.0. The van der Waals surface area contributed by atoms with E-state index >= 15 is 0 Å². The van der Waals surface area contributed by atoms with E-state index in [0.717, 1.165) is 33.4 Å². The van der Waals surface area contributed by atoms with Gasteiger partial charge in [-0.15, -0.1) is 0 Å². The summed E-state index contributed by atoms with van der Waals surface area (Å²) in [6, 6.07) is 28.6. The summed E-state index contributed by atoms with van der Waals surface area (Å²) in [6.45, 7) is 18.0. The molecule has 0 saturated carbocycles. The van der Waals surface area contributed by atoms with Crippen LogP contribution in [0.25, 0.3) is 28.3 Å². The minimum absolute atomic E-state index is 0.0685. The Hall–Kier alpha value is -6.19. The van der Waals surface area contributed by atoms with Crippen molar-refractivity contribution in [2.75, 3.05) is 19.8 Å². The van der Waals surface area contributed by atoms with Crippen LogP contribution in [0.15, 0.2) is 134 Å². The molecule has 0 fully saturated rings. The molecule has 1 atom stereocenters. The van der Waals surface area contributed by atoms with Gasteiger partial charge in [-0.2, -0.15) is 0 Å². The number of benzene rings is 4. The van der Waals surface area contributed by atoms with Crippen molar-refractivity contribution in [2.24, 2.45) is 5.92 Å². The molecule has 0 saturated heterocycles. The highest BCUT2D eigenvalue weighted by molar-refractivity contribution is 5.89. The summed E-state index contributed by atoms with van der Waals surface area (Å²) in [5.74, 6) is -0.0183. The molecule has 9 nitrogen and oxygen atoms in total. The average molecular weight is 745 g/mol. The minimum atomic E-state index is -1.15. The van der Waals surface area contributed by atoms with Gasteiger partial charge in [0.05, 0.1) is 19.8 Å². The van der Waals surface area contributed by atoms with Crippen molar-refractivity contribution in [3.8, 4) is 39.5 Å². The number of ether oxygens (including phenoxy) is 5. The Kier molecular flexibility index (Phi) is 15.4. The van der Waals surface area contributed by atoms with Gasteiger partial charge >= 0.3 is 17.9 Å². The third-order valence-electron chi connectivity index (χ3n) is 8.38. The Morgan fingerprint density at radius 3 is 1.69 bits per heavy atom. The third-order valence-corrected chi connectivity index (χ3v) is 8.38. The lowest BCUT2D eigenvalue weighted by molar-refractivity contribution is -0.144. The maximum absolute atomic E-state index is 11.9. The van der Waals surface area contributed by atoms with Gasteiger partial charge in [-0.3, -0.25) is 0 Å². The predicted octanol–water partition coefficient (Wildman–Crippen LogP) is 9.10. The molecule has 0 heterocycles. The second-order valence-corrected chi connectivity index (χ2v) is 13.1. The van der Waals surface area contributed by atoms with Crippen LogP contribution >= 0.6 is 0 Å². The molecule has 0 aromatic heterocycles. The summed E-state index contributed by atoms with van der Waals surface area (Å²) in [7, 11) is 0. The zero-order valence-electron chi connectivity index (χ0n) is 31.8. The lowest BCUT2D eigenvalue weighted by atomic mass is 10.0. The molecule has 0 aliphatic carbocycles. The van der Waals surface area contributed by atoms with Crippen molar-refractivity contribution in [2.45, 2.75) is 46.8 Å². The quantitative estimate of drug-likeness (QED) is 0.0434. The first-order chi connectivity index (χ1) is 26.3. The van der Waals surface area contributed by atoms with E-state index in [-0.39, 0.29) is 19.1 Å². The van der Waals surface area contributed by atoms with Crippen LogP contribution in [-0.4, -0.2) is 49.1 Å². The predicted molar refractivity (Wildman–Crippen MR) is 214 cm³/mol. The van der Waals surface area contributed by atoms with Gasteiger partial charge in [-0.1, -0.05) is 87.3 Å². The van der Waals surface area contributed by atoms with E-state index in [0.29, 0.717) is 53.4 Å². The van der Waals surface area contributed by atoms with Crippen LogP contribution in [0.4, 0.5) is 0 Å². The number of carbonyl (C=O) groups excluding carboxylic acids is 3. The molecule has 55 heavy (non-hydrogen) atoms. The SMILES string of the molecule is C=C(C)C(=O)OCC(CCOc1ccc(-c2ccc(/C=C/C(O)Oc3ccc(-c4ccc(OC(=O)C(=C)C)cc4)cc3CC)cc2)cc1)COC(=O)C(=C)C. The molecule has 1 N–H and O–H groups in total. The maximum Gasteiger partial charge on any atom is 0.338 e. The smallest absolute Gasteiger partial charge is 0.338 e. The van der Waals surface area contributed by atoms with Crippen molar-refractivity contribution < 1.29 is 43.2 Å². The molecule has 4 aromatic carbocycles. The highest BCUT2D eigenvalue weighted by atomic mass is 16.6. The zero-order chi connectivity index (χ0) is 39.9. The van der Waals surface area contributed by atoms with Crippen LogP contribution in [-0.2, 0) is 30.3 Å². The molecule has 0 bridgehead atoms. The fraction of sp³-hybridized carbons (Fsp3) is 0.239. The Bertz CT molecular complexity index is 1980. The van der Waals surface area contributed by atoms with Crippen molar-refractivity contribution in [3.05, 3.63) is 145 Å². The molecule has 0 amide bonds. The van der Waals surface area contributed by atoms with Crippen molar-refractivity contribution >= 4 is 24.0 Å². The standard InChI is InChI=1S/C46H48O9/c1-8-35-27-39(38-16-21-41(22-17-38)54-46(50)32(6)7)18-23-42(35)55-43(47)24-11-33-9-12-36(13-10-33)37-14-19-40(20-15-37)51-26-25-34(28-52-44(48)30(2)3)29-53-45(49)31(4)5/h9-24,27,34,43,47H,2,4,6,8,25-26,28-29H2,1,3,5,7H3/b24-11+. The van der Waals surface area contributed by atoms with Crippen molar-refractivity contribution in [1.82, 2.24) is 0 Å². The molecule has 9 heteroatoms. The van der Waals surface area contributed by atoms with Crippen LogP contribution in [0.5, 0.6) is 17.2 Å². The third kappa shape index (κ3) is 13.0. The molecule has 286 valence electrons. The largest absolute Gasteiger partial charge is 0.494 e. The Morgan fingerprint density at radius 2 is 1.16 bits per heavy atom. The lowest BCUT2D eigenvalue weighted by Gasteiger charge is -2.18. The Morgan fingerprint density at radius 1 is 0.673 bits per heavy atom. The van der Waals surface area contributed by atoms with Crippen LogP contribution in [0.1, 0.15) is 45.2 Å². The first kappa shape index (κ1) is 41.6. The van der Waals surface area contributed by atoms with Crippen molar-refractivity contribution in [1.29, 1.82) is 0 Å². The normalized spacial score (nSPS) is 11.5. The summed E-state index contributed by atoms with van der Waals surface area (Å²) in [6.07, 6.45) is 3.44. The summed E-state index contributed by atoms with van der Waals surface area (Å²) in [5, 5.41) is 10.7. The molecule has 4 aromatic rings. The Labute approximate surface area is 323 Å². The zero-order valence-corrected chi connectivity index (χ0v) is 31.8. The van der Waals surface area contributed by atoms with Crippen LogP contribution in [0, 0.1) is 5.92 Å². The summed E-state index contributed by atoms with van der Waals surface area (Å²) in [5.41, 5.74) is 6.69. The number of aryl methyl sites for hydroxylation is 1. The van der Waals surface area contributed by atoms with Crippen LogP contribution in [0.2, 0.25) is 0 Å². The number of aliphatic hydroxyl groups is 1. The molecular weight excluding hydrogens is 696 g/mol. The van der Waals surface area contributed by atoms with Gasteiger partial charge in [0.2, 0.25) is 6.29 Å². The monoisotopic (exact) mass is 744 g/mol. The van der Waals surface area contributed by atoms with E-state index in [1.807, 2.05) is 85.8 Å². The summed E-state index contributed by atoms with van der Waals surface area (Å²) < 4.78 is 27.7. The maximum atomic E-state index is 11.9. The first-order valence-electron chi connectivity index (χ1n) is 18.0. The van der Waals surface area contributed by atoms with Gasteiger partial charge in [-0.05, 0) is 109 Å². The average Bonchev–Trinajstić information content (AvgIpc) is 3.18. The molecular formula is C46H48O9. The number of aliphatic hydroxyl groups excluding tert-OH is 1. The number of rotatable bonds is 19. The lowest BCUT2D eigenvalue weighted by Crippen LogP contribution is -2.23. The highest BCUT2D eigenvalue weighted by Gasteiger charge is 2.17. The highest BCUT2D eigenvalue weighted by Crippen LogP contribution is 2.30. The van der Waals surface area contributed by atoms with Gasteiger partial charge in [0.25, 0.3) is 0 Å². The van der Waals surface area contributed by atoms with Gasteiger partial charge in [0.15, 0.2) is 0 Å². The number of hydrogen-bond donors (Lipinski definition) is 1. The minimum Gasteiger partial charge on any atom is -0.494 e. The fourth-order valence-corrected chi connectivity index (χ4v) is 5.14. The number of hydrogen-bond acceptors (Lipinski definition) is 9. The second-order valence-electron chi connectivity index (χ2n) is 13.1. The van der Waals surface area contributed by atoms with E-state index in [9.17, 15) is 19.5 Å². The topological polar surface area (TPSA) is 118 Å². The van der Waals surface area contributed by atoms with E-state index in [1.165, 1.54) is 0 Å². The van der Waals surface area contributed by atoms with Crippen molar-refractivity contribution in [3.63, 3.8) is 0 Å². The van der Waals surface area contributed by atoms with Crippen LogP contribution < -0.4 is 14.2 Å².